The Kier molecular flexibility index (Phi) is 50.4. The van der Waals surface area contributed by atoms with Crippen LogP contribution >= 0.6 is 0 Å². The monoisotopic (exact) mass is 850 g/mol. The molecule has 0 spiro atoms. The van der Waals surface area contributed by atoms with Crippen molar-refractivity contribution in [1.82, 2.24) is 5.32 Å². The van der Waals surface area contributed by atoms with Crippen molar-refractivity contribution in [3.8, 4) is 0 Å². The molecule has 1 amide bonds. The minimum absolute atomic E-state index is 0.139. The van der Waals surface area contributed by atoms with Crippen molar-refractivity contribution in [2.45, 2.75) is 340 Å². The molecule has 0 saturated carbocycles. The summed E-state index contributed by atoms with van der Waals surface area (Å²) < 4.78 is 0. The summed E-state index contributed by atoms with van der Waals surface area (Å²) in [7, 11) is 0. The number of rotatable bonds is 52. The van der Waals surface area contributed by atoms with Gasteiger partial charge in [0.1, 0.15) is 6.10 Å². The molecule has 360 valence electrons. The number of hydrogen-bond donors (Lipinski definition) is 4. The van der Waals surface area contributed by atoms with Gasteiger partial charge in [-0.25, -0.2) is 0 Å². The normalized spacial score (nSPS) is 13.2. The molecular formula is C55H111NO4. The van der Waals surface area contributed by atoms with Crippen molar-refractivity contribution in [3.05, 3.63) is 0 Å². The molecule has 0 aromatic rings. The van der Waals surface area contributed by atoms with Crippen molar-refractivity contribution in [2.24, 2.45) is 0 Å². The standard InChI is InChI=1S/C55H111NO4/c1-3-5-7-9-11-13-15-16-17-18-19-20-21-22-23-24-25-26-27-28-29-30-31-32-33-34-35-36-37-38-39-40-42-44-46-48-50-54(59)56-52(51-57)55(60)53(58)49-47-45-43-41-14-12-10-8-6-4-2/h52-53,55,57-58,60H,3-51H2,1-2H3,(H,56,59)/t52-,53+,55-/m0/s1. The molecule has 0 saturated heterocycles. The van der Waals surface area contributed by atoms with E-state index < -0.39 is 18.2 Å². The number of aliphatic hydroxyl groups excluding tert-OH is 3. The van der Waals surface area contributed by atoms with Crippen LogP contribution in [0.3, 0.4) is 0 Å². The Balaban J connectivity index is 3.37. The summed E-state index contributed by atoms with van der Waals surface area (Å²) in [6.45, 7) is 4.19. The third-order valence-electron chi connectivity index (χ3n) is 13.5. The lowest BCUT2D eigenvalue weighted by atomic mass is 9.99. The van der Waals surface area contributed by atoms with Gasteiger partial charge in [0.15, 0.2) is 0 Å². The first-order valence-corrected chi connectivity index (χ1v) is 27.8. The molecule has 0 bridgehead atoms. The van der Waals surface area contributed by atoms with Gasteiger partial charge < -0.3 is 20.6 Å². The highest BCUT2D eigenvalue weighted by atomic mass is 16.3. The van der Waals surface area contributed by atoms with Gasteiger partial charge in [-0.3, -0.25) is 4.79 Å². The number of carbonyl (C=O) groups excluding carboxylic acids is 1. The Morgan fingerprint density at radius 2 is 0.567 bits per heavy atom. The minimum atomic E-state index is -1.13. The van der Waals surface area contributed by atoms with Gasteiger partial charge in [0, 0.05) is 6.42 Å². The zero-order chi connectivity index (χ0) is 43.7. The SMILES string of the molecule is CCCCCCCCCCCCCCCCCCCCCCCCCCCCCCCCCCCCCCC(=O)N[C@@H](CO)[C@H](O)[C@H](O)CCCCCCCCCCCC. The van der Waals surface area contributed by atoms with Gasteiger partial charge in [-0.15, -0.1) is 0 Å². The van der Waals surface area contributed by atoms with Crippen LogP contribution in [0.5, 0.6) is 0 Å². The van der Waals surface area contributed by atoms with Crippen LogP contribution in [0.1, 0.15) is 322 Å². The van der Waals surface area contributed by atoms with Gasteiger partial charge in [-0.05, 0) is 12.8 Å². The van der Waals surface area contributed by atoms with E-state index in [9.17, 15) is 20.1 Å². The highest BCUT2D eigenvalue weighted by Crippen LogP contribution is 2.19. The molecule has 60 heavy (non-hydrogen) atoms. The molecule has 5 nitrogen and oxygen atoms in total. The van der Waals surface area contributed by atoms with Crippen LogP contribution in [0.4, 0.5) is 0 Å². The number of unbranched alkanes of at least 4 members (excludes halogenated alkanes) is 44. The summed E-state index contributed by atoms with van der Waals surface area (Å²) in [6.07, 6.45) is 61.5. The fourth-order valence-electron chi connectivity index (χ4n) is 9.17. The number of hydrogen-bond acceptors (Lipinski definition) is 4. The van der Waals surface area contributed by atoms with E-state index in [1.165, 1.54) is 257 Å². The predicted octanol–water partition coefficient (Wildman–Crippen LogP) is 16.9. The maximum atomic E-state index is 12.4. The largest absolute Gasteiger partial charge is 0.394 e. The average Bonchev–Trinajstić information content (AvgIpc) is 3.25. The van der Waals surface area contributed by atoms with E-state index in [-0.39, 0.29) is 12.5 Å². The molecule has 0 rings (SSSR count). The van der Waals surface area contributed by atoms with Crippen LogP contribution in [-0.2, 0) is 4.79 Å². The maximum Gasteiger partial charge on any atom is 0.220 e. The zero-order valence-electron chi connectivity index (χ0n) is 41.1. The first-order valence-electron chi connectivity index (χ1n) is 27.8. The minimum Gasteiger partial charge on any atom is -0.394 e. The van der Waals surface area contributed by atoms with Crippen molar-refractivity contribution in [1.29, 1.82) is 0 Å². The highest BCUT2D eigenvalue weighted by molar-refractivity contribution is 5.76. The summed E-state index contributed by atoms with van der Waals surface area (Å²) in [5.41, 5.74) is 0. The van der Waals surface area contributed by atoms with E-state index in [2.05, 4.69) is 19.2 Å². The molecule has 0 aromatic heterocycles. The molecule has 5 heteroatoms. The second kappa shape index (κ2) is 51.0. The van der Waals surface area contributed by atoms with Gasteiger partial charge in [0.2, 0.25) is 5.91 Å². The third-order valence-corrected chi connectivity index (χ3v) is 13.5. The average molecular weight is 850 g/mol. The van der Waals surface area contributed by atoms with Gasteiger partial charge in [-0.2, -0.15) is 0 Å². The lowest BCUT2D eigenvalue weighted by Gasteiger charge is -2.26. The summed E-state index contributed by atoms with van der Waals surface area (Å²) >= 11 is 0. The third kappa shape index (κ3) is 45.4. The lowest BCUT2D eigenvalue weighted by molar-refractivity contribution is -0.124. The molecule has 0 aliphatic heterocycles. The van der Waals surface area contributed by atoms with Crippen LogP contribution in [0.2, 0.25) is 0 Å². The Bertz CT molecular complexity index is 807. The van der Waals surface area contributed by atoms with Crippen molar-refractivity contribution < 1.29 is 20.1 Å². The van der Waals surface area contributed by atoms with E-state index >= 15 is 0 Å². The predicted molar refractivity (Wildman–Crippen MR) is 264 cm³/mol. The number of nitrogens with one attached hydrogen (secondary N) is 1. The number of carbonyl (C=O) groups is 1. The van der Waals surface area contributed by atoms with Crippen molar-refractivity contribution in [3.63, 3.8) is 0 Å². The molecule has 0 aliphatic carbocycles. The summed E-state index contributed by atoms with van der Waals surface area (Å²) in [5, 5.41) is 33.5. The molecule has 0 aliphatic rings. The second-order valence-corrected chi connectivity index (χ2v) is 19.5. The van der Waals surface area contributed by atoms with Crippen LogP contribution in [0.25, 0.3) is 0 Å². The van der Waals surface area contributed by atoms with E-state index in [1.807, 2.05) is 0 Å². The number of aliphatic hydroxyl groups is 3. The van der Waals surface area contributed by atoms with Gasteiger partial charge in [0.25, 0.3) is 0 Å². The topological polar surface area (TPSA) is 89.8 Å². The zero-order valence-corrected chi connectivity index (χ0v) is 41.1. The fraction of sp³-hybridized carbons (Fsp3) is 0.982. The second-order valence-electron chi connectivity index (χ2n) is 19.5. The van der Waals surface area contributed by atoms with Crippen LogP contribution in [-0.4, -0.2) is 46.1 Å². The molecule has 0 heterocycles. The first kappa shape index (κ1) is 59.4. The summed E-state index contributed by atoms with van der Waals surface area (Å²) in [6, 6.07) is -0.802. The van der Waals surface area contributed by atoms with Gasteiger partial charge >= 0.3 is 0 Å². The Labute approximate surface area is 377 Å². The Morgan fingerprint density at radius 1 is 0.350 bits per heavy atom. The van der Waals surface area contributed by atoms with Crippen molar-refractivity contribution >= 4 is 5.91 Å². The Hall–Kier alpha value is -0.650. The van der Waals surface area contributed by atoms with Gasteiger partial charge in [0.05, 0.1) is 18.8 Å². The van der Waals surface area contributed by atoms with E-state index in [0.717, 1.165) is 38.5 Å². The molecule has 3 atom stereocenters. The summed E-state index contributed by atoms with van der Waals surface area (Å²) in [5.74, 6) is -0.139. The van der Waals surface area contributed by atoms with E-state index in [1.54, 1.807) is 0 Å². The Morgan fingerprint density at radius 3 is 0.800 bits per heavy atom. The van der Waals surface area contributed by atoms with Gasteiger partial charge in [-0.1, -0.05) is 303 Å². The fourth-order valence-corrected chi connectivity index (χ4v) is 9.17. The molecule has 0 fully saturated rings. The van der Waals surface area contributed by atoms with Crippen LogP contribution < -0.4 is 5.32 Å². The van der Waals surface area contributed by atoms with E-state index in [4.69, 9.17) is 0 Å². The lowest BCUT2D eigenvalue weighted by Crippen LogP contribution is -2.50. The van der Waals surface area contributed by atoms with Crippen molar-refractivity contribution in [2.75, 3.05) is 6.61 Å². The molecule has 4 N–H and O–H groups in total. The smallest absolute Gasteiger partial charge is 0.220 e. The highest BCUT2D eigenvalue weighted by Gasteiger charge is 2.26. The first-order chi connectivity index (χ1) is 29.6. The van der Waals surface area contributed by atoms with E-state index in [0.29, 0.717) is 12.8 Å². The quantitative estimate of drug-likeness (QED) is 0.0459. The van der Waals surface area contributed by atoms with Crippen LogP contribution in [0, 0.1) is 0 Å². The van der Waals surface area contributed by atoms with Crippen LogP contribution in [0.15, 0.2) is 0 Å². The number of amides is 1. The maximum absolute atomic E-state index is 12.4. The summed E-state index contributed by atoms with van der Waals surface area (Å²) in [4.78, 5) is 12.4. The molecule has 0 unspecified atom stereocenters. The molecule has 0 aromatic carbocycles. The molecule has 0 radical (unpaired) electrons. The molecular weight excluding hydrogens is 739 g/mol.